The molecule has 1 saturated carbocycles. The molecule has 3 N–H and O–H groups in total. The molecule has 0 heterocycles. The number of nitrogens with one attached hydrogen (secondary N) is 1. The number of benzene rings is 3. The van der Waals surface area contributed by atoms with E-state index in [1.54, 1.807) is 12.1 Å². The summed E-state index contributed by atoms with van der Waals surface area (Å²) in [4.78, 5) is 25.7. The number of nitrogen functional groups attached to an aromatic ring is 1. The molecule has 3 aromatic carbocycles. The molecule has 36 heavy (non-hydrogen) atoms. The molecule has 4 nitrogen and oxygen atoms in total. The number of amides is 1. The first kappa shape index (κ1) is 26.9. The summed E-state index contributed by atoms with van der Waals surface area (Å²) in [5, 5.41) is 2.60. The van der Waals surface area contributed by atoms with Crippen molar-refractivity contribution in [3.8, 4) is 0 Å². The topological polar surface area (TPSA) is 72.2 Å². The van der Waals surface area contributed by atoms with E-state index in [9.17, 15) is 22.8 Å². The molecule has 0 aliphatic heterocycles. The van der Waals surface area contributed by atoms with Gasteiger partial charge in [-0.25, -0.2) is 13.2 Å². The molecule has 188 valence electrons. The maximum Gasteiger partial charge on any atom is 0.231 e. The molecule has 1 fully saturated rings. The third-order valence-corrected chi connectivity index (χ3v) is 7.45. The van der Waals surface area contributed by atoms with Crippen LogP contribution in [-0.4, -0.2) is 16.0 Å². The molecule has 1 aliphatic carbocycles. The highest BCUT2D eigenvalue weighted by Crippen LogP contribution is 2.65. The Morgan fingerprint density at radius 1 is 0.889 bits per heavy atom. The van der Waals surface area contributed by atoms with Crippen LogP contribution in [0.5, 0.6) is 0 Å². The van der Waals surface area contributed by atoms with Crippen molar-refractivity contribution in [3.05, 3.63) is 91.7 Å². The first-order valence-corrected chi connectivity index (χ1v) is 12.1. The Labute approximate surface area is 228 Å². The van der Waals surface area contributed by atoms with Gasteiger partial charge in [0, 0.05) is 39.7 Å². The van der Waals surface area contributed by atoms with Crippen molar-refractivity contribution in [3.63, 3.8) is 0 Å². The van der Waals surface area contributed by atoms with E-state index in [-0.39, 0.29) is 22.5 Å². The molecule has 2 atom stereocenters. The summed E-state index contributed by atoms with van der Waals surface area (Å²) >= 11 is 30.7. The summed E-state index contributed by atoms with van der Waals surface area (Å²) in [5.41, 5.74) is 4.98. The Morgan fingerprint density at radius 3 is 2.17 bits per heavy atom. The Hall–Kier alpha value is -2.16. The number of carbonyl (C=O) groups excluding carboxylic acids is 2. The zero-order valence-corrected chi connectivity index (χ0v) is 21.6. The lowest BCUT2D eigenvalue weighted by atomic mass is 10.0. The summed E-state index contributed by atoms with van der Waals surface area (Å²) in [6.45, 7) is 0. The number of hydrogen-bond donors (Lipinski definition) is 2. The number of halogens is 8. The minimum Gasteiger partial charge on any atom is -0.396 e. The minimum absolute atomic E-state index is 0.108. The van der Waals surface area contributed by atoms with Gasteiger partial charge in [0.15, 0.2) is 5.78 Å². The van der Waals surface area contributed by atoms with Crippen molar-refractivity contribution in [2.45, 2.75) is 16.7 Å². The number of ketones is 1. The number of nitrogens with two attached hydrogens (primary N) is 1. The largest absolute Gasteiger partial charge is 0.396 e. The highest BCUT2D eigenvalue weighted by Gasteiger charge is 2.67. The van der Waals surface area contributed by atoms with Crippen LogP contribution in [0.2, 0.25) is 15.1 Å². The SMILES string of the molecule is Nc1cc(CC(=O)c2cc(NC(=O)[C@H]3[C@H](c4cc(Cl)cc(Cl)c4)C3(Cl)Cl)cc(F)c2Cl)c(F)cc1F. The number of Topliss-reactive ketones (excluding diaryl/α,β-unsaturated/α-hetero) is 1. The summed E-state index contributed by atoms with van der Waals surface area (Å²) in [5.74, 6) is -6.02. The van der Waals surface area contributed by atoms with Crippen LogP contribution < -0.4 is 11.1 Å². The van der Waals surface area contributed by atoms with Crippen molar-refractivity contribution in [1.82, 2.24) is 0 Å². The highest BCUT2D eigenvalue weighted by atomic mass is 35.5. The maximum atomic E-state index is 14.5. The zero-order chi connectivity index (χ0) is 26.5. The Bertz CT molecular complexity index is 1400. The van der Waals surface area contributed by atoms with E-state index in [0.29, 0.717) is 21.7 Å². The molecule has 0 aromatic heterocycles. The van der Waals surface area contributed by atoms with Gasteiger partial charge in [-0.05, 0) is 47.5 Å². The number of carbonyl (C=O) groups is 2. The van der Waals surface area contributed by atoms with Crippen molar-refractivity contribution in [2.24, 2.45) is 5.92 Å². The van der Waals surface area contributed by atoms with E-state index in [4.69, 9.17) is 63.7 Å². The van der Waals surface area contributed by atoms with Crippen molar-refractivity contribution in [2.75, 3.05) is 11.1 Å². The second-order valence-electron chi connectivity index (χ2n) is 8.21. The molecule has 1 amide bonds. The van der Waals surface area contributed by atoms with E-state index in [1.807, 2.05) is 0 Å². The number of hydrogen-bond acceptors (Lipinski definition) is 3. The Balaban J connectivity index is 1.57. The normalized spacial score (nSPS) is 18.1. The molecular formula is C24H14Cl5F3N2O2. The second-order valence-corrected chi connectivity index (χ2v) is 10.9. The van der Waals surface area contributed by atoms with E-state index in [1.165, 1.54) is 6.07 Å². The zero-order valence-electron chi connectivity index (χ0n) is 17.8. The van der Waals surface area contributed by atoms with Gasteiger partial charge >= 0.3 is 0 Å². The predicted octanol–water partition coefficient (Wildman–Crippen LogP) is 7.60. The van der Waals surface area contributed by atoms with Crippen LogP contribution in [0.3, 0.4) is 0 Å². The third kappa shape index (κ3) is 5.27. The molecule has 0 saturated heterocycles. The molecule has 0 spiro atoms. The average molecular weight is 597 g/mol. The molecule has 0 radical (unpaired) electrons. The van der Waals surface area contributed by atoms with Crippen LogP contribution in [0.4, 0.5) is 24.5 Å². The van der Waals surface area contributed by atoms with E-state index in [2.05, 4.69) is 5.32 Å². The van der Waals surface area contributed by atoms with Gasteiger partial charge in [0.2, 0.25) is 5.91 Å². The van der Waals surface area contributed by atoms with Crippen molar-refractivity contribution >= 4 is 81.1 Å². The van der Waals surface area contributed by atoms with E-state index >= 15 is 0 Å². The van der Waals surface area contributed by atoms with Crippen LogP contribution in [0.15, 0.2) is 42.5 Å². The van der Waals surface area contributed by atoms with Crippen molar-refractivity contribution < 1.29 is 22.8 Å². The summed E-state index contributed by atoms with van der Waals surface area (Å²) in [6.07, 6.45) is -0.584. The molecule has 3 aromatic rings. The summed E-state index contributed by atoms with van der Waals surface area (Å²) in [7, 11) is 0. The molecule has 12 heteroatoms. The molecule has 0 bridgehead atoms. The Morgan fingerprint density at radius 2 is 1.53 bits per heavy atom. The molecular weight excluding hydrogens is 583 g/mol. The van der Waals surface area contributed by atoms with Gasteiger partial charge in [0.1, 0.15) is 21.8 Å². The standard InChI is InChI=1S/C24H14Cl5F3N2O2/c25-11-1-10(2-12(26)5-11)20-21(24(20,28)29)23(36)34-13-6-14(22(27)17(32)7-13)19(35)4-9-3-18(33)16(31)8-15(9)30/h1-3,5-8,20-21H,4,33H2,(H,34,36)/t20-,21+/m0/s1. The number of anilines is 2. The van der Waals surface area contributed by atoms with Crippen LogP contribution in [0.1, 0.15) is 27.4 Å². The number of alkyl halides is 2. The molecule has 4 rings (SSSR count). The molecule has 1 aliphatic rings. The monoisotopic (exact) mass is 594 g/mol. The maximum absolute atomic E-state index is 14.5. The average Bonchev–Trinajstić information content (AvgIpc) is 3.35. The molecule has 0 unspecified atom stereocenters. The third-order valence-electron chi connectivity index (χ3n) is 5.69. The van der Waals surface area contributed by atoms with Gasteiger partial charge in [-0.15, -0.1) is 23.2 Å². The van der Waals surface area contributed by atoms with Gasteiger partial charge in [-0.2, -0.15) is 0 Å². The fraction of sp³-hybridized carbons (Fsp3) is 0.167. The summed E-state index contributed by atoms with van der Waals surface area (Å²) < 4.78 is 40.5. The smallest absolute Gasteiger partial charge is 0.231 e. The van der Waals surface area contributed by atoms with Gasteiger partial charge in [0.25, 0.3) is 0 Å². The Kier molecular flexibility index (Phi) is 7.43. The van der Waals surface area contributed by atoms with Crippen LogP contribution >= 0.6 is 58.0 Å². The highest BCUT2D eigenvalue weighted by molar-refractivity contribution is 6.53. The van der Waals surface area contributed by atoms with Crippen LogP contribution in [-0.2, 0) is 11.2 Å². The van der Waals surface area contributed by atoms with Gasteiger partial charge in [0.05, 0.1) is 16.6 Å². The quantitative estimate of drug-likeness (QED) is 0.175. The van der Waals surface area contributed by atoms with Gasteiger partial charge in [-0.3, -0.25) is 9.59 Å². The van der Waals surface area contributed by atoms with Crippen LogP contribution in [0, 0.1) is 23.4 Å². The van der Waals surface area contributed by atoms with Crippen molar-refractivity contribution in [1.29, 1.82) is 0 Å². The van der Waals surface area contributed by atoms with E-state index in [0.717, 1.165) is 18.2 Å². The van der Waals surface area contributed by atoms with Gasteiger partial charge in [-0.1, -0.05) is 34.8 Å². The second kappa shape index (κ2) is 9.95. The number of rotatable bonds is 6. The fourth-order valence-corrected chi connectivity index (χ4v) is 5.51. The van der Waals surface area contributed by atoms with Gasteiger partial charge < -0.3 is 11.1 Å². The van der Waals surface area contributed by atoms with E-state index < -0.39 is 56.8 Å². The van der Waals surface area contributed by atoms with Crippen LogP contribution in [0.25, 0.3) is 0 Å². The predicted molar refractivity (Wildman–Crippen MR) is 136 cm³/mol. The lowest BCUT2D eigenvalue weighted by Gasteiger charge is -2.11. The lowest BCUT2D eigenvalue weighted by Crippen LogP contribution is -2.18. The fourth-order valence-electron chi connectivity index (χ4n) is 3.92. The minimum atomic E-state index is -1.48. The first-order chi connectivity index (χ1) is 16.8. The lowest BCUT2D eigenvalue weighted by molar-refractivity contribution is -0.117. The first-order valence-electron chi connectivity index (χ1n) is 10.2. The summed E-state index contributed by atoms with van der Waals surface area (Å²) in [6, 6.07) is 8.21.